The summed E-state index contributed by atoms with van der Waals surface area (Å²) in [6, 6.07) is 3.62. The maximum Gasteiger partial charge on any atom is 0.345 e. The molecule has 0 amide bonds. The molecule has 1 aromatic heterocycles. The molecule has 0 saturated carbocycles. The lowest BCUT2D eigenvalue weighted by Crippen LogP contribution is -2.23. The van der Waals surface area contributed by atoms with Gasteiger partial charge in [0.05, 0.1) is 25.5 Å². The van der Waals surface area contributed by atoms with Gasteiger partial charge in [0.15, 0.2) is 5.56 Å². The molecule has 0 aliphatic carbocycles. The molecule has 3 rings (SSSR count). The third kappa shape index (κ3) is 5.15. The molecule has 1 aromatic carbocycles. The third-order valence-electron chi connectivity index (χ3n) is 5.79. The number of hydrogen-bond donors (Lipinski definition) is 3. The number of aromatic nitrogens is 1. The number of pyridine rings is 1. The van der Waals surface area contributed by atoms with E-state index in [1.165, 1.54) is 0 Å². The standard InChI is InChI=1S/C24H31NO8/c1-13(2)16-12-33-18-11-17(32-8-5-7-30-3)14(6-9-31-4)10-15(18)21-19(16)22(26)20(24(28)29)23(27)25-21/h10-11,13,16H,5-9,12H2,1-4H3,(H,28,29)(H2,25,26,27)/t16-/m0/s1. The van der Waals surface area contributed by atoms with Crippen LogP contribution in [0.25, 0.3) is 11.3 Å². The molecule has 0 unspecified atom stereocenters. The molecule has 0 fully saturated rings. The van der Waals surface area contributed by atoms with Crippen molar-refractivity contribution in [1.82, 2.24) is 4.98 Å². The van der Waals surface area contributed by atoms with Gasteiger partial charge in [-0.05, 0) is 24.0 Å². The SMILES string of the molecule is COCCCOc1cc2c(cc1CCOC)-c1[nH]c(=O)c(C(=O)O)c(O)c1[C@H](C(C)C)CO2. The number of ether oxygens (including phenoxy) is 4. The smallest absolute Gasteiger partial charge is 0.345 e. The van der Waals surface area contributed by atoms with Gasteiger partial charge in [-0.1, -0.05) is 13.8 Å². The molecule has 9 heteroatoms. The van der Waals surface area contributed by atoms with E-state index in [0.29, 0.717) is 54.6 Å². The lowest BCUT2D eigenvalue weighted by molar-refractivity contribution is 0.0691. The monoisotopic (exact) mass is 461 g/mol. The van der Waals surface area contributed by atoms with Crippen LogP contribution in [0.1, 0.15) is 47.7 Å². The predicted octanol–water partition coefficient (Wildman–Crippen LogP) is 3.18. The van der Waals surface area contributed by atoms with Gasteiger partial charge >= 0.3 is 5.97 Å². The van der Waals surface area contributed by atoms with E-state index in [0.717, 1.165) is 12.0 Å². The second-order valence-corrected chi connectivity index (χ2v) is 8.33. The predicted molar refractivity (Wildman–Crippen MR) is 122 cm³/mol. The largest absolute Gasteiger partial charge is 0.506 e. The zero-order chi connectivity index (χ0) is 24.1. The van der Waals surface area contributed by atoms with Crippen molar-refractivity contribution in [3.8, 4) is 28.5 Å². The summed E-state index contributed by atoms with van der Waals surface area (Å²) in [6.07, 6.45) is 1.27. The lowest BCUT2D eigenvalue weighted by atomic mass is 9.85. The lowest BCUT2D eigenvalue weighted by Gasteiger charge is -2.22. The molecular formula is C24H31NO8. The Bertz CT molecular complexity index is 1060. The number of carboxylic acid groups (broad SMARTS) is 1. The van der Waals surface area contributed by atoms with Gasteiger partial charge in [0, 0.05) is 50.4 Å². The highest BCUT2D eigenvalue weighted by Crippen LogP contribution is 2.46. The fourth-order valence-corrected chi connectivity index (χ4v) is 4.01. The van der Waals surface area contributed by atoms with Crippen LogP contribution in [0, 0.1) is 5.92 Å². The quantitative estimate of drug-likeness (QED) is 0.461. The molecule has 2 aromatic rings. The van der Waals surface area contributed by atoms with Crippen LogP contribution in [0.15, 0.2) is 16.9 Å². The van der Waals surface area contributed by atoms with Crippen molar-refractivity contribution < 1.29 is 34.0 Å². The summed E-state index contributed by atoms with van der Waals surface area (Å²) in [5, 5.41) is 20.4. The summed E-state index contributed by atoms with van der Waals surface area (Å²) in [5.41, 5.74) is 0.597. The van der Waals surface area contributed by atoms with E-state index >= 15 is 0 Å². The van der Waals surface area contributed by atoms with E-state index in [1.807, 2.05) is 19.9 Å². The van der Waals surface area contributed by atoms with Crippen molar-refractivity contribution in [2.45, 2.75) is 32.6 Å². The van der Waals surface area contributed by atoms with Gasteiger partial charge in [-0.15, -0.1) is 0 Å². The summed E-state index contributed by atoms with van der Waals surface area (Å²) >= 11 is 0. The summed E-state index contributed by atoms with van der Waals surface area (Å²) in [5.74, 6) is -1.20. The van der Waals surface area contributed by atoms with E-state index < -0.39 is 22.8 Å². The summed E-state index contributed by atoms with van der Waals surface area (Å²) in [6.45, 7) is 5.59. The number of rotatable bonds is 10. The molecule has 180 valence electrons. The zero-order valence-corrected chi connectivity index (χ0v) is 19.4. The average Bonchev–Trinajstić information content (AvgIpc) is 2.91. The van der Waals surface area contributed by atoms with Crippen molar-refractivity contribution in [3.05, 3.63) is 39.2 Å². The van der Waals surface area contributed by atoms with Gasteiger partial charge in [0.25, 0.3) is 5.56 Å². The molecule has 0 saturated heterocycles. The first kappa shape index (κ1) is 24.6. The number of hydrogen-bond acceptors (Lipinski definition) is 7. The highest BCUT2D eigenvalue weighted by Gasteiger charge is 2.33. The molecule has 1 aliphatic rings. The Kier molecular flexibility index (Phi) is 7.99. The minimum atomic E-state index is -1.48. The van der Waals surface area contributed by atoms with E-state index in [9.17, 15) is 19.8 Å². The molecule has 0 bridgehead atoms. The Morgan fingerprint density at radius 2 is 1.94 bits per heavy atom. The number of carbonyl (C=O) groups is 1. The number of aromatic carboxylic acids is 1. The van der Waals surface area contributed by atoms with Crippen LogP contribution in [-0.4, -0.2) is 61.8 Å². The fourth-order valence-electron chi connectivity index (χ4n) is 4.01. The van der Waals surface area contributed by atoms with E-state index in [-0.39, 0.29) is 18.4 Å². The molecular weight excluding hydrogens is 430 g/mol. The Labute approximate surface area is 192 Å². The maximum atomic E-state index is 12.6. The normalized spacial score (nSPS) is 14.9. The van der Waals surface area contributed by atoms with E-state index in [1.54, 1.807) is 20.3 Å². The number of carboxylic acids is 1. The maximum absolute atomic E-state index is 12.6. The van der Waals surface area contributed by atoms with Crippen molar-refractivity contribution in [3.63, 3.8) is 0 Å². The van der Waals surface area contributed by atoms with Crippen molar-refractivity contribution >= 4 is 5.97 Å². The molecule has 1 atom stereocenters. The third-order valence-corrected chi connectivity index (χ3v) is 5.79. The Balaban J connectivity index is 2.20. The van der Waals surface area contributed by atoms with Crippen LogP contribution >= 0.6 is 0 Å². The highest BCUT2D eigenvalue weighted by molar-refractivity contribution is 5.92. The first-order chi connectivity index (χ1) is 15.8. The van der Waals surface area contributed by atoms with Crippen molar-refractivity contribution in [1.29, 1.82) is 0 Å². The second-order valence-electron chi connectivity index (χ2n) is 8.33. The van der Waals surface area contributed by atoms with Gasteiger partial charge in [-0.25, -0.2) is 4.79 Å². The number of H-pyrrole nitrogens is 1. The van der Waals surface area contributed by atoms with Crippen molar-refractivity contribution in [2.24, 2.45) is 5.92 Å². The minimum absolute atomic E-state index is 0.00855. The highest BCUT2D eigenvalue weighted by atomic mass is 16.5. The van der Waals surface area contributed by atoms with Crippen LogP contribution in [0.2, 0.25) is 0 Å². The number of nitrogens with one attached hydrogen (secondary N) is 1. The first-order valence-corrected chi connectivity index (χ1v) is 10.9. The average molecular weight is 462 g/mol. The minimum Gasteiger partial charge on any atom is -0.506 e. The molecule has 33 heavy (non-hydrogen) atoms. The molecule has 9 nitrogen and oxygen atoms in total. The Morgan fingerprint density at radius 1 is 1.21 bits per heavy atom. The molecule has 0 radical (unpaired) electrons. The fraction of sp³-hybridized carbons (Fsp3) is 0.500. The Morgan fingerprint density at radius 3 is 2.58 bits per heavy atom. The first-order valence-electron chi connectivity index (χ1n) is 10.9. The van der Waals surface area contributed by atoms with Gasteiger partial charge in [-0.2, -0.15) is 0 Å². The number of fused-ring (bicyclic) bond motifs is 3. The molecule has 2 heterocycles. The van der Waals surface area contributed by atoms with Gasteiger partial charge in [-0.3, -0.25) is 4.79 Å². The van der Waals surface area contributed by atoms with Crippen LogP contribution < -0.4 is 15.0 Å². The van der Waals surface area contributed by atoms with Crippen LogP contribution in [0.4, 0.5) is 0 Å². The number of aromatic amines is 1. The second kappa shape index (κ2) is 10.7. The van der Waals surface area contributed by atoms with Crippen LogP contribution in [0.3, 0.4) is 0 Å². The van der Waals surface area contributed by atoms with Gasteiger partial charge < -0.3 is 34.1 Å². The van der Waals surface area contributed by atoms with Crippen molar-refractivity contribution in [2.75, 3.05) is 40.6 Å². The van der Waals surface area contributed by atoms with E-state index in [2.05, 4.69) is 4.98 Å². The molecule has 1 aliphatic heterocycles. The van der Waals surface area contributed by atoms with E-state index in [4.69, 9.17) is 18.9 Å². The Hall–Kier alpha value is -3.04. The van der Waals surface area contributed by atoms with Gasteiger partial charge in [0.2, 0.25) is 0 Å². The number of methoxy groups -OCH3 is 2. The summed E-state index contributed by atoms with van der Waals surface area (Å²) in [7, 11) is 3.24. The van der Waals surface area contributed by atoms with Crippen LogP contribution in [-0.2, 0) is 15.9 Å². The zero-order valence-electron chi connectivity index (χ0n) is 19.4. The van der Waals surface area contributed by atoms with Crippen LogP contribution in [0.5, 0.6) is 17.2 Å². The summed E-state index contributed by atoms with van der Waals surface area (Å²) in [4.78, 5) is 26.9. The molecule has 0 spiro atoms. The number of benzene rings is 1. The summed E-state index contributed by atoms with van der Waals surface area (Å²) < 4.78 is 22.4. The molecule has 3 N–H and O–H groups in total. The topological polar surface area (TPSA) is 127 Å². The van der Waals surface area contributed by atoms with Gasteiger partial charge in [0.1, 0.15) is 17.2 Å². The number of aromatic hydroxyl groups is 1.